The van der Waals surface area contributed by atoms with Crippen LogP contribution >= 0.6 is 29.8 Å². The molecular formula is C8H19Cl2P. The molecule has 0 aromatic heterocycles. The number of unbranched alkanes of at least 4 members (excludes halogenated alkanes) is 5. The van der Waals surface area contributed by atoms with Crippen LogP contribution in [0.3, 0.4) is 0 Å². The number of rotatable bonds is 5. The normalized spacial score (nSPS) is 8.73. The predicted octanol–water partition coefficient (Wildman–Crippen LogP) is 5.34. The lowest BCUT2D eigenvalue weighted by Gasteiger charge is -1.93. The molecule has 0 N–H and O–H groups in total. The second-order valence-electron chi connectivity index (χ2n) is 2.49. The van der Waals surface area contributed by atoms with Crippen LogP contribution in [0.4, 0.5) is 0 Å². The Hall–Kier alpha value is 1.01. The SMILES string of the molecule is CCCCCCCC.ClPCl. The minimum Gasteiger partial charge on any atom is -0.0818 e. The van der Waals surface area contributed by atoms with Crippen molar-refractivity contribution in [3.8, 4) is 0 Å². The Balaban J connectivity index is 0. The second kappa shape index (κ2) is 17.2. The van der Waals surface area contributed by atoms with E-state index in [1.807, 2.05) is 0 Å². The molecule has 0 atom stereocenters. The van der Waals surface area contributed by atoms with Gasteiger partial charge in [-0.15, -0.1) is 0 Å². The van der Waals surface area contributed by atoms with Crippen LogP contribution in [0.2, 0.25) is 0 Å². The third-order valence-electron chi connectivity index (χ3n) is 1.46. The highest BCUT2D eigenvalue weighted by atomic mass is 35.9. The number of hydrogen-bond donors (Lipinski definition) is 0. The third kappa shape index (κ3) is 24.7. The van der Waals surface area contributed by atoms with Gasteiger partial charge in [-0.3, -0.25) is 0 Å². The van der Waals surface area contributed by atoms with Crippen LogP contribution in [-0.4, -0.2) is 0 Å². The molecule has 0 fully saturated rings. The van der Waals surface area contributed by atoms with Crippen LogP contribution in [0.15, 0.2) is 0 Å². The number of hydrogen-bond acceptors (Lipinski definition) is 0. The van der Waals surface area contributed by atoms with Crippen LogP contribution in [0.1, 0.15) is 52.4 Å². The summed E-state index contributed by atoms with van der Waals surface area (Å²) in [6, 6.07) is 0. The van der Waals surface area contributed by atoms with Crippen LogP contribution < -0.4 is 0 Å². The van der Waals surface area contributed by atoms with E-state index in [0.29, 0.717) is 0 Å². The molecule has 11 heavy (non-hydrogen) atoms. The van der Waals surface area contributed by atoms with E-state index in [0.717, 1.165) is 0 Å². The zero-order valence-corrected chi connectivity index (χ0v) is 10.0. The van der Waals surface area contributed by atoms with Gasteiger partial charge in [0.2, 0.25) is 0 Å². The van der Waals surface area contributed by atoms with E-state index in [1.54, 1.807) is 0 Å². The highest BCUT2D eigenvalue weighted by Gasteiger charge is 1.83. The van der Waals surface area contributed by atoms with Gasteiger partial charge in [-0.05, 0) is 0 Å². The van der Waals surface area contributed by atoms with Crippen molar-refractivity contribution in [3.63, 3.8) is 0 Å². The molecular weight excluding hydrogens is 198 g/mol. The molecule has 0 amide bonds. The van der Waals surface area contributed by atoms with E-state index in [1.165, 1.54) is 38.5 Å². The largest absolute Gasteiger partial charge is 0.0818 e. The summed E-state index contributed by atoms with van der Waals surface area (Å²) in [6.45, 7) is 4.51. The monoisotopic (exact) mass is 216 g/mol. The molecule has 0 aromatic carbocycles. The maximum atomic E-state index is 4.79. The molecule has 0 aliphatic rings. The Morgan fingerprint density at radius 1 is 0.818 bits per heavy atom. The molecule has 0 saturated carbocycles. The van der Waals surface area contributed by atoms with Gasteiger partial charge in [0.1, 0.15) is 0 Å². The maximum absolute atomic E-state index is 4.79. The quantitative estimate of drug-likeness (QED) is 0.430. The van der Waals surface area contributed by atoms with Gasteiger partial charge in [-0.25, -0.2) is 0 Å². The van der Waals surface area contributed by atoms with Crippen LogP contribution in [-0.2, 0) is 0 Å². The third-order valence-corrected chi connectivity index (χ3v) is 1.46. The zero-order valence-electron chi connectivity index (χ0n) is 7.50. The molecule has 0 spiro atoms. The molecule has 0 aliphatic carbocycles. The summed E-state index contributed by atoms with van der Waals surface area (Å²) in [5, 5.41) is 0. The predicted molar refractivity (Wildman–Crippen MR) is 59.1 cm³/mol. The van der Waals surface area contributed by atoms with E-state index in [4.69, 9.17) is 22.5 Å². The van der Waals surface area contributed by atoms with Crippen LogP contribution in [0.25, 0.3) is 0 Å². The van der Waals surface area contributed by atoms with Gasteiger partial charge in [0.05, 0.1) is 7.29 Å². The summed E-state index contributed by atoms with van der Waals surface area (Å²) < 4.78 is 0. The standard InChI is InChI=1S/C8H18.Cl2HP/c1-3-5-7-8-6-4-2;1-3-2/h3-8H2,1-2H3;3H. The van der Waals surface area contributed by atoms with Crippen molar-refractivity contribution in [3.05, 3.63) is 0 Å². The van der Waals surface area contributed by atoms with E-state index in [-0.39, 0.29) is 7.29 Å². The lowest BCUT2D eigenvalue weighted by atomic mass is 10.1. The Kier molecular flexibility index (Phi) is 22.7. The minimum absolute atomic E-state index is 0.0278. The minimum atomic E-state index is 0.0278. The molecule has 0 unspecified atom stereocenters. The van der Waals surface area contributed by atoms with Gasteiger partial charge in [0, 0.05) is 0 Å². The maximum Gasteiger partial charge on any atom is 0.0713 e. The number of halogens is 2. The second-order valence-corrected chi connectivity index (χ2v) is 4.34. The molecule has 0 aromatic rings. The average molecular weight is 217 g/mol. The van der Waals surface area contributed by atoms with Crippen molar-refractivity contribution in [2.75, 3.05) is 0 Å². The van der Waals surface area contributed by atoms with E-state index in [2.05, 4.69) is 13.8 Å². The van der Waals surface area contributed by atoms with Crippen LogP contribution in [0.5, 0.6) is 0 Å². The van der Waals surface area contributed by atoms with E-state index in [9.17, 15) is 0 Å². The Bertz CT molecular complexity index is 45.4. The van der Waals surface area contributed by atoms with Crippen molar-refractivity contribution >= 4 is 29.8 Å². The average Bonchev–Trinajstić information content (AvgIpc) is 2.00. The summed E-state index contributed by atoms with van der Waals surface area (Å²) in [6.07, 6.45) is 8.49. The van der Waals surface area contributed by atoms with Crippen molar-refractivity contribution < 1.29 is 0 Å². The van der Waals surface area contributed by atoms with E-state index < -0.39 is 0 Å². The lowest BCUT2D eigenvalue weighted by Crippen LogP contribution is -1.73. The lowest BCUT2D eigenvalue weighted by molar-refractivity contribution is 0.624. The first-order chi connectivity index (χ1) is 5.33. The molecule has 0 bridgehead atoms. The fraction of sp³-hybridized carbons (Fsp3) is 1.00. The molecule has 0 rings (SSSR count). The topological polar surface area (TPSA) is 0 Å². The Morgan fingerprint density at radius 2 is 1.09 bits per heavy atom. The van der Waals surface area contributed by atoms with Crippen molar-refractivity contribution in [2.45, 2.75) is 52.4 Å². The molecule has 3 heteroatoms. The summed E-state index contributed by atoms with van der Waals surface area (Å²) in [5.74, 6) is 0. The Labute approximate surface area is 82.4 Å². The first kappa shape index (κ1) is 14.5. The summed E-state index contributed by atoms with van der Waals surface area (Å²) in [4.78, 5) is 0. The molecule has 70 valence electrons. The first-order valence-corrected chi connectivity index (χ1v) is 7.32. The van der Waals surface area contributed by atoms with Gasteiger partial charge in [-0.1, -0.05) is 74.9 Å². The zero-order chi connectivity index (χ0) is 8.95. The first-order valence-electron chi connectivity index (χ1n) is 4.29. The summed E-state index contributed by atoms with van der Waals surface area (Å²) >= 11 is 9.58. The molecule has 0 saturated heterocycles. The summed E-state index contributed by atoms with van der Waals surface area (Å²) in [7, 11) is 0.0278. The molecule has 0 aliphatic heterocycles. The fourth-order valence-electron chi connectivity index (χ4n) is 0.854. The van der Waals surface area contributed by atoms with Crippen molar-refractivity contribution in [1.82, 2.24) is 0 Å². The highest BCUT2D eigenvalue weighted by Crippen LogP contribution is 2.19. The summed E-state index contributed by atoms with van der Waals surface area (Å²) in [5.41, 5.74) is 0. The van der Waals surface area contributed by atoms with Gasteiger partial charge < -0.3 is 0 Å². The highest BCUT2D eigenvalue weighted by molar-refractivity contribution is 7.90. The van der Waals surface area contributed by atoms with E-state index >= 15 is 0 Å². The smallest absolute Gasteiger partial charge is 0.0713 e. The molecule has 0 radical (unpaired) electrons. The van der Waals surface area contributed by atoms with Crippen molar-refractivity contribution in [1.29, 1.82) is 0 Å². The Morgan fingerprint density at radius 3 is 1.27 bits per heavy atom. The fourth-order valence-corrected chi connectivity index (χ4v) is 0.854. The molecule has 0 heterocycles. The van der Waals surface area contributed by atoms with Gasteiger partial charge >= 0.3 is 0 Å². The van der Waals surface area contributed by atoms with Crippen LogP contribution in [0, 0.1) is 0 Å². The van der Waals surface area contributed by atoms with Gasteiger partial charge in [0.15, 0.2) is 0 Å². The van der Waals surface area contributed by atoms with Crippen molar-refractivity contribution in [2.24, 2.45) is 0 Å². The molecule has 0 nitrogen and oxygen atoms in total. The van der Waals surface area contributed by atoms with Gasteiger partial charge in [-0.2, -0.15) is 0 Å². The van der Waals surface area contributed by atoms with Gasteiger partial charge in [0.25, 0.3) is 0 Å².